The maximum Gasteiger partial charge on any atom is 0.416 e. The fraction of sp³-hybridized carbons (Fsp3) is 0.412. The van der Waals surface area contributed by atoms with Crippen molar-refractivity contribution in [3.05, 3.63) is 47.2 Å². The Labute approximate surface area is 164 Å². The molecular weight excluding hydrogens is 428 g/mol. The molecule has 0 unspecified atom stereocenters. The lowest BCUT2D eigenvalue weighted by Gasteiger charge is -2.14. The van der Waals surface area contributed by atoms with Crippen LogP contribution in [0.25, 0.3) is 0 Å². The van der Waals surface area contributed by atoms with Crippen molar-refractivity contribution in [2.24, 2.45) is 5.10 Å². The van der Waals surface area contributed by atoms with Crippen molar-refractivity contribution < 1.29 is 39.9 Å². The minimum absolute atomic E-state index is 0.00116. The monoisotopic (exact) mass is 442 g/mol. The van der Waals surface area contributed by atoms with Crippen LogP contribution in [0, 0.1) is 0 Å². The summed E-state index contributed by atoms with van der Waals surface area (Å²) in [6.07, 6.45) is -8.42. The zero-order valence-electron chi connectivity index (χ0n) is 15.0. The van der Waals surface area contributed by atoms with Crippen molar-refractivity contribution >= 4 is 11.7 Å². The summed E-state index contributed by atoms with van der Waals surface area (Å²) in [6, 6.07) is 1.04. The fourth-order valence-electron chi connectivity index (χ4n) is 2.87. The highest BCUT2D eigenvalue weighted by Crippen LogP contribution is 2.36. The summed E-state index contributed by atoms with van der Waals surface area (Å²) in [4.78, 5) is 12.8. The van der Waals surface area contributed by atoms with Crippen LogP contribution in [0.1, 0.15) is 23.1 Å². The number of rotatable bonds is 3. The molecule has 164 valence electrons. The van der Waals surface area contributed by atoms with Gasteiger partial charge in [-0.25, -0.2) is 8.78 Å². The lowest BCUT2D eigenvalue weighted by Crippen LogP contribution is -2.30. The molecule has 1 N–H and O–H groups in total. The van der Waals surface area contributed by atoms with E-state index in [-0.39, 0.29) is 25.1 Å². The van der Waals surface area contributed by atoms with E-state index in [1.54, 1.807) is 0 Å². The first-order valence-corrected chi connectivity index (χ1v) is 8.48. The third-order valence-electron chi connectivity index (χ3n) is 4.37. The van der Waals surface area contributed by atoms with E-state index >= 15 is 0 Å². The number of carbonyl (C=O) groups is 1. The first-order valence-electron chi connectivity index (χ1n) is 8.48. The molecule has 5 nitrogen and oxygen atoms in total. The second kappa shape index (κ2) is 7.43. The van der Waals surface area contributed by atoms with Gasteiger partial charge in [-0.05, 0) is 18.2 Å². The van der Waals surface area contributed by atoms with Crippen molar-refractivity contribution in [3.63, 3.8) is 0 Å². The normalized spacial score (nSPS) is 19.4. The quantitative estimate of drug-likeness (QED) is 0.575. The maximum atomic E-state index is 13.1. The van der Waals surface area contributed by atoms with E-state index in [0.29, 0.717) is 12.1 Å². The van der Waals surface area contributed by atoms with Crippen LogP contribution in [-0.2, 0) is 17.1 Å². The number of alkyl halides is 8. The molecule has 1 aromatic rings. The van der Waals surface area contributed by atoms with Crippen LogP contribution in [0.3, 0.4) is 0 Å². The van der Waals surface area contributed by atoms with E-state index < -0.39 is 53.8 Å². The summed E-state index contributed by atoms with van der Waals surface area (Å²) in [7, 11) is 0. The molecular formula is C17H14F8N4O. The third-order valence-corrected chi connectivity index (χ3v) is 4.37. The van der Waals surface area contributed by atoms with Gasteiger partial charge in [-0.3, -0.25) is 9.80 Å². The Kier molecular flexibility index (Phi) is 5.41. The van der Waals surface area contributed by atoms with Crippen molar-refractivity contribution in [3.8, 4) is 0 Å². The highest BCUT2D eigenvalue weighted by Gasteiger charge is 2.40. The van der Waals surface area contributed by atoms with E-state index in [1.165, 1.54) is 0 Å². The van der Waals surface area contributed by atoms with Gasteiger partial charge < -0.3 is 10.2 Å². The third kappa shape index (κ3) is 5.00. The topological polar surface area (TPSA) is 47.9 Å². The molecule has 0 aromatic heterocycles. The minimum Gasteiger partial charge on any atom is -0.349 e. The minimum atomic E-state index is -5.00. The van der Waals surface area contributed by atoms with Crippen LogP contribution in [-0.4, -0.2) is 47.3 Å². The largest absolute Gasteiger partial charge is 0.416 e. The molecule has 0 bridgehead atoms. The molecule has 3 rings (SSSR count). The number of carbonyl (C=O) groups excluding carboxylic acids is 1. The molecule has 2 aliphatic rings. The molecule has 2 aliphatic heterocycles. The van der Waals surface area contributed by atoms with Gasteiger partial charge in [0.15, 0.2) is 5.84 Å². The van der Waals surface area contributed by atoms with Crippen molar-refractivity contribution in [1.82, 2.24) is 15.2 Å². The lowest BCUT2D eigenvalue weighted by atomic mass is 10.0. The zero-order valence-corrected chi connectivity index (χ0v) is 15.0. The predicted molar refractivity (Wildman–Crippen MR) is 88.1 cm³/mol. The SMILES string of the molecule is O=C(/C=C\N1CNC(c2cc(C(F)(F)F)cc(C(F)(F)F)c2)=N1)N1CCC(F)(F)C1. The van der Waals surface area contributed by atoms with Gasteiger partial charge >= 0.3 is 12.4 Å². The molecule has 30 heavy (non-hydrogen) atoms. The van der Waals surface area contributed by atoms with Crippen LogP contribution in [0.15, 0.2) is 35.6 Å². The van der Waals surface area contributed by atoms with E-state index in [4.69, 9.17) is 0 Å². The van der Waals surface area contributed by atoms with Crippen molar-refractivity contribution in [2.75, 3.05) is 19.8 Å². The van der Waals surface area contributed by atoms with Gasteiger partial charge in [0.25, 0.3) is 5.92 Å². The van der Waals surface area contributed by atoms with Crippen LogP contribution < -0.4 is 5.32 Å². The highest BCUT2D eigenvalue weighted by molar-refractivity contribution is 5.99. The summed E-state index contributed by atoms with van der Waals surface area (Å²) >= 11 is 0. The lowest BCUT2D eigenvalue weighted by molar-refractivity contribution is -0.143. The molecule has 13 heteroatoms. The standard InChI is InChI=1S/C17H14F8N4O/c18-15(19)2-4-28(8-15)13(30)1-3-29-9-26-14(27-29)10-5-11(16(20,21)22)7-12(6-10)17(23,24)25/h1,3,5-7H,2,4,8-9H2,(H,26,27)/b3-1-. The Morgan fingerprint density at radius 3 is 2.17 bits per heavy atom. The number of halogens is 8. The summed E-state index contributed by atoms with van der Waals surface area (Å²) < 4.78 is 104. The molecule has 0 radical (unpaired) electrons. The Morgan fingerprint density at radius 1 is 1.07 bits per heavy atom. The van der Waals surface area contributed by atoms with Crippen molar-refractivity contribution in [1.29, 1.82) is 0 Å². The van der Waals surface area contributed by atoms with Gasteiger partial charge in [0, 0.05) is 30.8 Å². The van der Waals surface area contributed by atoms with Crippen molar-refractivity contribution in [2.45, 2.75) is 24.7 Å². The molecule has 0 atom stereocenters. The van der Waals surface area contributed by atoms with Crippen LogP contribution in [0.5, 0.6) is 0 Å². The van der Waals surface area contributed by atoms with Crippen LogP contribution in [0.4, 0.5) is 35.1 Å². The fourth-order valence-corrected chi connectivity index (χ4v) is 2.87. The second-order valence-corrected chi connectivity index (χ2v) is 6.70. The number of amides is 1. The maximum absolute atomic E-state index is 13.1. The Hall–Kier alpha value is -2.86. The Morgan fingerprint density at radius 2 is 1.67 bits per heavy atom. The number of nitrogens with one attached hydrogen (secondary N) is 1. The van der Waals surface area contributed by atoms with Gasteiger partial charge in [0.2, 0.25) is 5.91 Å². The predicted octanol–water partition coefficient (Wildman–Crippen LogP) is 3.63. The van der Waals surface area contributed by atoms with Crippen LogP contribution in [0.2, 0.25) is 0 Å². The molecule has 0 aliphatic carbocycles. The van der Waals surface area contributed by atoms with E-state index in [9.17, 15) is 39.9 Å². The molecule has 0 spiro atoms. The first kappa shape index (κ1) is 21.8. The summed E-state index contributed by atoms with van der Waals surface area (Å²) in [5, 5.41) is 7.41. The molecule has 1 fully saturated rings. The van der Waals surface area contributed by atoms with E-state index in [0.717, 1.165) is 22.2 Å². The zero-order chi connectivity index (χ0) is 22.3. The number of hydrogen-bond donors (Lipinski definition) is 1. The number of nitrogens with zero attached hydrogens (tertiary/aromatic N) is 3. The molecule has 0 saturated carbocycles. The number of likely N-dealkylation sites (tertiary alicyclic amines) is 1. The van der Waals surface area contributed by atoms with Gasteiger partial charge in [-0.2, -0.15) is 31.4 Å². The van der Waals surface area contributed by atoms with Gasteiger partial charge in [0.1, 0.15) is 6.67 Å². The molecule has 1 amide bonds. The first-order chi connectivity index (χ1) is 13.7. The van der Waals surface area contributed by atoms with Gasteiger partial charge in [-0.15, -0.1) is 0 Å². The number of amidine groups is 1. The van der Waals surface area contributed by atoms with Gasteiger partial charge in [-0.1, -0.05) is 0 Å². The highest BCUT2D eigenvalue weighted by atomic mass is 19.4. The molecule has 1 aromatic carbocycles. The Balaban J connectivity index is 1.79. The Bertz CT molecular complexity index is 858. The summed E-state index contributed by atoms with van der Waals surface area (Å²) in [5.41, 5.74) is -3.43. The summed E-state index contributed by atoms with van der Waals surface area (Å²) in [6.45, 7) is -1.01. The van der Waals surface area contributed by atoms with E-state index in [2.05, 4.69) is 10.4 Å². The average molecular weight is 442 g/mol. The molecule has 2 heterocycles. The number of hydrazone groups is 1. The van der Waals surface area contributed by atoms with E-state index in [1.807, 2.05) is 0 Å². The van der Waals surface area contributed by atoms with Crippen LogP contribution >= 0.6 is 0 Å². The summed E-state index contributed by atoms with van der Waals surface area (Å²) in [5.74, 6) is -3.95. The molecule has 1 saturated heterocycles. The number of benzene rings is 1. The van der Waals surface area contributed by atoms with Gasteiger partial charge in [0.05, 0.1) is 17.7 Å². The smallest absolute Gasteiger partial charge is 0.349 e. The second-order valence-electron chi connectivity index (χ2n) is 6.70. The average Bonchev–Trinajstić information content (AvgIpc) is 3.24. The number of hydrogen-bond acceptors (Lipinski definition) is 4.